The molecule has 3 rings (SSSR count). The van der Waals surface area contributed by atoms with Crippen LogP contribution in [0.4, 0.5) is 0 Å². The lowest BCUT2D eigenvalue weighted by molar-refractivity contribution is -0.134. The second-order valence-electron chi connectivity index (χ2n) is 4.74. The van der Waals surface area contributed by atoms with Gasteiger partial charge in [0.15, 0.2) is 0 Å². The number of esters is 1. The highest BCUT2D eigenvalue weighted by Crippen LogP contribution is 2.33. The molecule has 2 aromatic rings. The van der Waals surface area contributed by atoms with Crippen LogP contribution in [0.15, 0.2) is 53.0 Å². The Balaban J connectivity index is 1.98. The lowest BCUT2D eigenvalue weighted by Crippen LogP contribution is -2.10. The maximum atomic E-state index is 11.9. The summed E-state index contributed by atoms with van der Waals surface area (Å²) in [7, 11) is 0. The summed E-state index contributed by atoms with van der Waals surface area (Å²) in [6.45, 7) is 0. The van der Waals surface area contributed by atoms with Crippen LogP contribution in [-0.4, -0.2) is 5.97 Å². The van der Waals surface area contributed by atoms with Crippen molar-refractivity contribution >= 4 is 21.9 Å². The Kier molecular flexibility index (Phi) is 3.38. The average molecular weight is 317 g/mol. The first-order chi connectivity index (χ1) is 9.22. The third-order valence-electron chi connectivity index (χ3n) is 3.40. The van der Waals surface area contributed by atoms with Gasteiger partial charge >= 0.3 is 5.97 Å². The smallest absolute Gasteiger partial charge is 0.311 e. The zero-order valence-corrected chi connectivity index (χ0v) is 11.9. The summed E-state index contributed by atoms with van der Waals surface area (Å²) >= 11 is 3.48. The molecule has 96 valence electrons. The molecule has 0 aliphatic carbocycles. The first-order valence-corrected chi connectivity index (χ1v) is 7.06. The van der Waals surface area contributed by atoms with Crippen LogP contribution in [0.2, 0.25) is 0 Å². The fraction of sp³-hybridized carbons (Fsp3) is 0.188. The summed E-state index contributed by atoms with van der Waals surface area (Å²) in [5.74, 6) is 0.716. The summed E-state index contributed by atoms with van der Waals surface area (Å²) in [6, 6.07) is 15.9. The van der Waals surface area contributed by atoms with Crippen molar-refractivity contribution in [3.63, 3.8) is 0 Å². The molecule has 1 heterocycles. The fourth-order valence-electron chi connectivity index (χ4n) is 2.47. The molecule has 0 unspecified atom stereocenters. The molecule has 0 bridgehead atoms. The topological polar surface area (TPSA) is 26.3 Å². The minimum absolute atomic E-state index is 0.157. The van der Waals surface area contributed by atoms with Crippen molar-refractivity contribution in [2.24, 2.45) is 0 Å². The van der Waals surface area contributed by atoms with Crippen molar-refractivity contribution in [1.82, 2.24) is 0 Å². The van der Waals surface area contributed by atoms with Gasteiger partial charge in [-0.05, 0) is 41.7 Å². The Bertz CT molecular complexity index is 622. The zero-order chi connectivity index (χ0) is 13.2. The number of benzene rings is 2. The molecule has 0 spiro atoms. The predicted molar refractivity (Wildman–Crippen MR) is 77.3 cm³/mol. The number of fused-ring (bicyclic) bond motifs is 1. The van der Waals surface area contributed by atoms with Gasteiger partial charge in [-0.1, -0.05) is 46.3 Å². The van der Waals surface area contributed by atoms with Gasteiger partial charge in [0, 0.05) is 4.47 Å². The van der Waals surface area contributed by atoms with E-state index in [-0.39, 0.29) is 11.9 Å². The molecule has 19 heavy (non-hydrogen) atoms. The van der Waals surface area contributed by atoms with E-state index in [1.54, 1.807) is 0 Å². The molecule has 0 saturated heterocycles. The maximum absolute atomic E-state index is 11.9. The molecule has 0 saturated carbocycles. The SMILES string of the molecule is O=C1C[C@H](c2cccc(Br)c2)Cc2ccccc2O1. The lowest BCUT2D eigenvalue weighted by Gasteiger charge is -2.13. The highest BCUT2D eigenvalue weighted by atomic mass is 79.9. The first-order valence-electron chi connectivity index (χ1n) is 6.26. The summed E-state index contributed by atoms with van der Waals surface area (Å²) in [5.41, 5.74) is 2.27. The molecule has 1 aliphatic heterocycles. The Morgan fingerprint density at radius 1 is 1.05 bits per heavy atom. The van der Waals surface area contributed by atoms with Gasteiger partial charge in [0.25, 0.3) is 0 Å². The summed E-state index contributed by atoms with van der Waals surface area (Å²) in [5, 5.41) is 0. The Labute approximate surface area is 120 Å². The minimum Gasteiger partial charge on any atom is -0.426 e. The number of hydrogen-bond acceptors (Lipinski definition) is 2. The molecule has 0 N–H and O–H groups in total. The number of carbonyl (C=O) groups excluding carboxylic acids is 1. The molecular formula is C16H13BrO2. The van der Waals surface area contributed by atoms with E-state index in [1.165, 1.54) is 5.56 Å². The van der Waals surface area contributed by atoms with Crippen molar-refractivity contribution in [3.05, 3.63) is 64.1 Å². The third kappa shape index (κ3) is 2.71. The van der Waals surface area contributed by atoms with E-state index >= 15 is 0 Å². The second-order valence-corrected chi connectivity index (χ2v) is 5.66. The number of halogens is 1. The summed E-state index contributed by atoms with van der Waals surface area (Å²) in [4.78, 5) is 11.9. The molecule has 2 nitrogen and oxygen atoms in total. The van der Waals surface area contributed by atoms with Crippen molar-refractivity contribution in [3.8, 4) is 5.75 Å². The number of rotatable bonds is 1. The van der Waals surface area contributed by atoms with Gasteiger partial charge in [-0.25, -0.2) is 0 Å². The van der Waals surface area contributed by atoms with E-state index in [0.29, 0.717) is 12.2 Å². The largest absolute Gasteiger partial charge is 0.426 e. The normalized spacial score (nSPS) is 18.4. The first kappa shape index (κ1) is 12.4. The molecular weight excluding hydrogens is 304 g/mol. The van der Waals surface area contributed by atoms with E-state index in [9.17, 15) is 4.79 Å². The van der Waals surface area contributed by atoms with Crippen LogP contribution >= 0.6 is 15.9 Å². The second kappa shape index (κ2) is 5.17. The molecule has 1 aliphatic rings. The number of ether oxygens (including phenoxy) is 1. The van der Waals surface area contributed by atoms with E-state index in [0.717, 1.165) is 16.5 Å². The van der Waals surface area contributed by atoms with Crippen molar-refractivity contribution in [2.45, 2.75) is 18.8 Å². The van der Waals surface area contributed by atoms with Crippen LogP contribution in [0, 0.1) is 0 Å². The highest BCUT2D eigenvalue weighted by molar-refractivity contribution is 9.10. The highest BCUT2D eigenvalue weighted by Gasteiger charge is 2.24. The van der Waals surface area contributed by atoms with E-state index in [4.69, 9.17) is 4.74 Å². The molecule has 0 amide bonds. The quantitative estimate of drug-likeness (QED) is 0.585. The molecule has 0 aromatic heterocycles. The molecule has 2 aromatic carbocycles. The van der Waals surface area contributed by atoms with Crippen molar-refractivity contribution < 1.29 is 9.53 Å². The zero-order valence-electron chi connectivity index (χ0n) is 10.3. The summed E-state index contributed by atoms with van der Waals surface area (Å²) in [6.07, 6.45) is 1.25. The fourth-order valence-corrected chi connectivity index (χ4v) is 2.89. The van der Waals surface area contributed by atoms with Crippen LogP contribution in [0.5, 0.6) is 5.75 Å². The van der Waals surface area contributed by atoms with Crippen LogP contribution in [0.25, 0.3) is 0 Å². The van der Waals surface area contributed by atoms with Gasteiger partial charge in [0.2, 0.25) is 0 Å². The molecule has 0 radical (unpaired) electrons. The Morgan fingerprint density at radius 3 is 2.74 bits per heavy atom. The molecule has 0 fully saturated rings. The van der Waals surface area contributed by atoms with E-state index in [1.807, 2.05) is 36.4 Å². The number of carbonyl (C=O) groups is 1. The maximum Gasteiger partial charge on any atom is 0.311 e. The van der Waals surface area contributed by atoms with Gasteiger partial charge in [-0.15, -0.1) is 0 Å². The lowest BCUT2D eigenvalue weighted by atomic mass is 9.90. The third-order valence-corrected chi connectivity index (χ3v) is 3.89. The number of hydrogen-bond donors (Lipinski definition) is 0. The summed E-state index contributed by atoms with van der Waals surface area (Å²) < 4.78 is 6.43. The Hall–Kier alpha value is -1.61. The van der Waals surface area contributed by atoms with Crippen LogP contribution in [0.3, 0.4) is 0 Å². The molecule has 3 heteroatoms. The Morgan fingerprint density at radius 2 is 1.89 bits per heavy atom. The average Bonchev–Trinajstić information content (AvgIpc) is 2.56. The standard InChI is InChI=1S/C16H13BrO2/c17-14-6-3-5-11(9-14)13-8-12-4-1-2-7-15(12)19-16(18)10-13/h1-7,9,13H,8,10H2/t13-/m1/s1. The van der Waals surface area contributed by atoms with Gasteiger partial charge in [-0.3, -0.25) is 4.79 Å². The van der Waals surface area contributed by atoms with Crippen molar-refractivity contribution in [1.29, 1.82) is 0 Å². The van der Waals surface area contributed by atoms with E-state index in [2.05, 4.69) is 28.1 Å². The van der Waals surface area contributed by atoms with Crippen LogP contribution in [-0.2, 0) is 11.2 Å². The van der Waals surface area contributed by atoms with Gasteiger partial charge < -0.3 is 4.74 Å². The van der Waals surface area contributed by atoms with Crippen LogP contribution in [0.1, 0.15) is 23.5 Å². The van der Waals surface area contributed by atoms with Gasteiger partial charge in [-0.2, -0.15) is 0 Å². The minimum atomic E-state index is -0.157. The van der Waals surface area contributed by atoms with Crippen LogP contribution < -0.4 is 4.74 Å². The monoisotopic (exact) mass is 316 g/mol. The van der Waals surface area contributed by atoms with Crippen molar-refractivity contribution in [2.75, 3.05) is 0 Å². The van der Waals surface area contributed by atoms with Gasteiger partial charge in [0.05, 0.1) is 6.42 Å². The number of para-hydroxylation sites is 1. The van der Waals surface area contributed by atoms with Gasteiger partial charge in [0.1, 0.15) is 5.75 Å². The molecule has 1 atom stereocenters. The predicted octanol–water partition coefficient (Wildman–Crippen LogP) is 4.08. The van der Waals surface area contributed by atoms with E-state index < -0.39 is 0 Å².